The molecule has 1 amide bonds. The second-order valence-electron chi connectivity index (χ2n) is 6.95. The molecule has 10 heteroatoms. The summed E-state index contributed by atoms with van der Waals surface area (Å²) in [6.07, 6.45) is 3.17. The molecule has 0 aliphatic heterocycles. The van der Waals surface area contributed by atoms with Crippen LogP contribution in [-0.2, 0) is 11.0 Å². The Bertz CT molecular complexity index is 889. The van der Waals surface area contributed by atoms with Crippen molar-refractivity contribution in [1.29, 1.82) is 0 Å². The predicted molar refractivity (Wildman–Crippen MR) is 94.5 cm³/mol. The molecule has 1 unspecified atom stereocenters. The van der Waals surface area contributed by atoms with Gasteiger partial charge in [-0.25, -0.2) is 9.97 Å². The van der Waals surface area contributed by atoms with E-state index in [1.54, 1.807) is 6.92 Å². The zero-order chi connectivity index (χ0) is 20.3. The van der Waals surface area contributed by atoms with Crippen molar-refractivity contribution < 1.29 is 18.0 Å². The summed E-state index contributed by atoms with van der Waals surface area (Å²) in [5.41, 5.74) is -1.53. The molecule has 1 N–H and O–H groups in total. The van der Waals surface area contributed by atoms with Gasteiger partial charge in [0.2, 0.25) is 5.91 Å². The third kappa shape index (κ3) is 4.73. The van der Waals surface area contributed by atoms with E-state index < -0.39 is 29.4 Å². The number of anilines is 1. The standard InChI is InChI=1S/C18H20F3N5O2/c1-11-8-23-15(9-22-11)25-17(28)13(6-12-4-2-3-5-12)26-10-24-14(7-16(26)27)18(19,20)21/h7-10,12-13H,2-6H2,1H3,(H,23,25,28). The molecule has 7 nitrogen and oxygen atoms in total. The summed E-state index contributed by atoms with van der Waals surface area (Å²) in [4.78, 5) is 36.6. The molecule has 2 aromatic heterocycles. The topological polar surface area (TPSA) is 89.8 Å². The third-order valence-electron chi connectivity index (χ3n) is 4.83. The molecule has 2 heterocycles. The van der Waals surface area contributed by atoms with Gasteiger partial charge in [-0.3, -0.25) is 19.1 Å². The normalized spacial score (nSPS) is 16.1. The molecule has 1 aliphatic rings. The van der Waals surface area contributed by atoms with Crippen molar-refractivity contribution in [1.82, 2.24) is 19.5 Å². The van der Waals surface area contributed by atoms with Crippen molar-refractivity contribution in [2.24, 2.45) is 5.92 Å². The molecule has 1 fully saturated rings. The first-order chi connectivity index (χ1) is 13.2. The van der Waals surface area contributed by atoms with Gasteiger partial charge in [-0.1, -0.05) is 25.7 Å². The van der Waals surface area contributed by atoms with Crippen molar-refractivity contribution in [2.45, 2.75) is 51.2 Å². The van der Waals surface area contributed by atoms with Gasteiger partial charge in [0.15, 0.2) is 11.5 Å². The van der Waals surface area contributed by atoms with Gasteiger partial charge in [-0.15, -0.1) is 0 Å². The van der Waals surface area contributed by atoms with Gasteiger partial charge in [0, 0.05) is 6.07 Å². The minimum absolute atomic E-state index is 0.208. The van der Waals surface area contributed by atoms with E-state index in [4.69, 9.17) is 0 Å². The minimum Gasteiger partial charge on any atom is -0.308 e. The van der Waals surface area contributed by atoms with Crippen LogP contribution in [-0.4, -0.2) is 25.4 Å². The van der Waals surface area contributed by atoms with Crippen LogP contribution in [0.3, 0.4) is 0 Å². The van der Waals surface area contributed by atoms with Gasteiger partial charge >= 0.3 is 6.18 Å². The fourth-order valence-corrected chi connectivity index (χ4v) is 3.37. The maximum Gasteiger partial charge on any atom is 0.433 e. The summed E-state index contributed by atoms with van der Waals surface area (Å²) in [6.45, 7) is 1.74. The van der Waals surface area contributed by atoms with Crippen LogP contribution >= 0.6 is 0 Å². The van der Waals surface area contributed by atoms with E-state index >= 15 is 0 Å². The van der Waals surface area contributed by atoms with Gasteiger partial charge in [0.05, 0.1) is 24.4 Å². The average molecular weight is 395 g/mol. The van der Waals surface area contributed by atoms with Crippen molar-refractivity contribution >= 4 is 11.7 Å². The van der Waals surface area contributed by atoms with Gasteiger partial charge in [-0.2, -0.15) is 13.2 Å². The van der Waals surface area contributed by atoms with Crippen molar-refractivity contribution in [3.8, 4) is 0 Å². The summed E-state index contributed by atoms with van der Waals surface area (Å²) in [5, 5.41) is 2.59. The van der Waals surface area contributed by atoms with E-state index in [2.05, 4.69) is 20.3 Å². The predicted octanol–water partition coefficient (Wildman–Crippen LogP) is 3.12. The van der Waals surface area contributed by atoms with Crippen LogP contribution in [0.1, 0.15) is 49.5 Å². The Balaban J connectivity index is 1.89. The number of halogens is 3. The molecule has 2 aromatic rings. The number of nitrogens with zero attached hydrogens (tertiary/aromatic N) is 4. The van der Waals surface area contributed by atoms with Crippen LogP contribution in [0.2, 0.25) is 0 Å². The molecule has 1 saturated carbocycles. The first-order valence-electron chi connectivity index (χ1n) is 8.99. The number of carbonyl (C=O) groups is 1. The Kier molecular flexibility index (Phi) is 5.76. The number of amides is 1. The lowest BCUT2D eigenvalue weighted by Crippen LogP contribution is -2.35. The summed E-state index contributed by atoms with van der Waals surface area (Å²) in [5.74, 6) is -0.109. The molecule has 1 aliphatic carbocycles. The monoisotopic (exact) mass is 395 g/mol. The number of rotatable bonds is 5. The van der Waals surface area contributed by atoms with Gasteiger partial charge < -0.3 is 5.32 Å². The molecular formula is C18H20F3N5O2. The third-order valence-corrected chi connectivity index (χ3v) is 4.83. The van der Waals surface area contributed by atoms with Crippen LogP contribution in [0, 0.1) is 12.8 Å². The summed E-state index contributed by atoms with van der Waals surface area (Å²) < 4.78 is 39.4. The molecule has 0 bridgehead atoms. The molecule has 1 atom stereocenters. The van der Waals surface area contributed by atoms with Crippen LogP contribution in [0.15, 0.2) is 29.6 Å². The number of nitrogens with one attached hydrogen (secondary N) is 1. The Morgan fingerprint density at radius 2 is 1.96 bits per heavy atom. The minimum atomic E-state index is -4.72. The fraction of sp³-hybridized carbons (Fsp3) is 0.500. The van der Waals surface area contributed by atoms with Gasteiger partial charge in [0.25, 0.3) is 5.56 Å². The summed E-state index contributed by atoms with van der Waals surface area (Å²) in [7, 11) is 0. The Morgan fingerprint density at radius 1 is 1.25 bits per heavy atom. The first-order valence-corrected chi connectivity index (χ1v) is 8.99. The highest BCUT2D eigenvalue weighted by molar-refractivity contribution is 5.92. The zero-order valence-corrected chi connectivity index (χ0v) is 15.2. The van der Waals surface area contributed by atoms with Crippen molar-refractivity contribution in [3.63, 3.8) is 0 Å². The quantitative estimate of drug-likeness (QED) is 0.840. The number of aromatic nitrogens is 4. The molecule has 28 heavy (non-hydrogen) atoms. The number of carbonyl (C=O) groups excluding carboxylic acids is 1. The van der Waals surface area contributed by atoms with Gasteiger partial charge in [0.1, 0.15) is 6.04 Å². The Labute approximate surface area is 159 Å². The van der Waals surface area contributed by atoms with Gasteiger partial charge in [-0.05, 0) is 19.3 Å². The van der Waals surface area contributed by atoms with E-state index in [0.29, 0.717) is 18.2 Å². The largest absolute Gasteiger partial charge is 0.433 e. The molecule has 150 valence electrons. The van der Waals surface area contributed by atoms with E-state index in [-0.39, 0.29) is 11.7 Å². The van der Waals surface area contributed by atoms with Crippen LogP contribution < -0.4 is 10.9 Å². The molecule has 3 rings (SSSR count). The van der Waals surface area contributed by atoms with Crippen molar-refractivity contribution in [3.05, 3.63) is 46.5 Å². The molecule has 0 radical (unpaired) electrons. The maximum atomic E-state index is 12.8. The highest BCUT2D eigenvalue weighted by atomic mass is 19.4. The van der Waals surface area contributed by atoms with E-state index in [0.717, 1.165) is 36.6 Å². The summed E-state index contributed by atoms with van der Waals surface area (Å²) in [6, 6.07) is -0.561. The molecular weight excluding hydrogens is 375 g/mol. The number of aryl methyl sites for hydroxylation is 1. The number of hydrogen-bond donors (Lipinski definition) is 1. The lowest BCUT2D eigenvalue weighted by Gasteiger charge is -2.22. The van der Waals surface area contributed by atoms with E-state index in [9.17, 15) is 22.8 Å². The molecule has 0 saturated heterocycles. The number of hydrogen-bond acceptors (Lipinski definition) is 5. The SMILES string of the molecule is Cc1cnc(NC(=O)C(CC2CCCC2)n2cnc(C(F)(F)F)cc2=O)cn1. The number of alkyl halides is 3. The molecule has 0 spiro atoms. The lowest BCUT2D eigenvalue weighted by atomic mass is 9.97. The highest BCUT2D eigenvalue weighted by Crippen LogP contribution is 2.32. The van der Waals surface area contributed by atoms with E-state index in [1.807, 2.05) is 0 Å². The Morgan fingerprint density at radius 3 is 2.54 bits per heavy atom. The van der Waals surface area contributed by atoms with Crippen LogP contribution in [0.5, 0.6) is 0 Å². The smallest absolute Gasteiger partial charge is 0.308 e. The second-order valence-corrected chi connectivity index (χ2v) is 6.95. The fourth-order valence-electron chi connectivity index (χ4n) is 3.37. The average Bonchev–Trinajstić information content (AvgIpc) is 3.14. The lowest BCUT2D eigenvalue weighted by molar-refractivity contribution is -0.141. The first kappa shape index (κ1) is 20.0. The molecule has 0 aromatic carbocycles. The van der Waals surface area contributed by atoms with E-state index in [1.165, 1.54) is 12.4 Å². The summed E-state index contributed by atoms with van der Waals surface area (Å²) >= 11 is 0. The second kappa shape index (κ2) is 8.07. The Hall–Kier alpha value is -2.78. The van der Waals surface area contributed by atoms with Crippen molar-refractivity contribution in [2.75, 3.05) is 5.32 Å². The highest BCUT2D eigenvalue weighted by Gasteiger charge is 2.34. The van der Waals surface area contributed by atoms with Crippen LogP contribution in [0.4, 0.5) is 19.0 Å². The zero-order valence-electron chi connectivity index (χ0n) is 15.2. The maximum absolute atomic E-state index is 12.8. The van der Waals surface area contributed by atoms with Crippen LogP contribution in [0.25, 0.3) is 0 Å².